The van der Waals surface area contributed by atoms with Crippen LogP contribution in [0.5, 0.6) is 0 Å². The number of rotatable bonds is 10. The van der Waals surface area contributed by atoms with Gasteiger partial charge in [0.15, 0.2) is 0 Å². The minimum atomic E-state index is -0.395. The number of nitrogens with one attached hydrogen (secondary N) is 2. The van der Waals surface area contributed by atoms with Gasteiger partial charge in [-0.1, -0.05) is 13.3 Å². The van der Waals surface area contributed by atoms with Crippen LogP contribution in [0.4, 0.5) is 15.8 Å². The fraction of sp³-hybridized carbons (Fsp3) is 0.318. The number of amides is 2. The maximum atomic E-state index is 12.9. The summed E-state index contributed by atoms with van der Waals surface area (Å²) in [5.41, 5.74) is 1.43. The molecule has 30 heavy (non-hydrogen) atoms. The van der Waals surface area contributed by atoms with Crippen LogP contribution in [0.1, 0.15) is 30.1 Å². The van der Waals surface area contributed by atoms with Crippen molar-refractivity contribution in [1.29, 1.82) is 0 Å². The monoisotopic (exact) mass is 415 g/mol. The smallest absolute Gasteiger partial charge is 0.338 e. The second kappa shape index (κ2) is 11.7. The molecule has 0 saturated carbocycles. The van der Waals surface area contributed by atoms with E-state index in [1.165, 1.54) is 24.3 Å². The van der Waals surface area contributed by atoms with Gasteiger partial charge in [-0.25, -0.2) is 9.18 Å². The Hall–Kier alpha value is -3.26. The number of benzene rings is 2. The number of anilines is 2. The van der Waals surface area contributed by atoms with Gasteiger partial charge in [0.2, 0.25) is 11.8 Å². The van der Waals surface area contributed by atoms with E-state index in [0.29, 0.717) is 23.5 Å². The first kappa shape index (κ1) is 23.0. The molecule has 0 bridgehead atoms. The van der Waals surface area contributed by atoms with Crippen molar-refractivity contribution in [2.24, 2.45) is 0 Å². The number of hydrogen-bond acceptors (Lipinski definition) is 5. The maximum Gasteiger partial charge on any atom is 0.338 e. The molecule has 2 aromatic carbocycles. The number of unbranched alkanes of at least 4 members (excludes halogenated alkanes) is 1. The van der Waals surface area contributed by atoms with E-state index in [0.717, 1.165) is 12.8 Å². The molecule has 7 nitrogen and oxygen atoms in total. The minimum absolute atomic E-state index is 0.00233. The lowest BCUT2D eigenvalue weighted by molar-refractivity contribution is -0.119. The summed E-state index contributed by atoms with van der Waals surface area (Å²) in [7, 11) is 1.64. The Morgan fingerprint density at radius 1 is 0.900 bits per heavy atom. The first-order valence-corrected chi connectivity index (χ1v) is 9.68. The number of carbonyl (C=O) groups excluding carboxylic acids is 3. The van der Waals surface area contributed by atoms with E-state index in [4.69, 9.17) is 4.74 Å². The van der Waals surface area contributed by atoms with Crippen LogP contribution in [0, 0.1) is 5.82 Å². The molecule has 2 N–H and O–H groups in total. The highest BCUT2D eigenvalue weighted by Crippen LogP contribution is 2.11. The van der Waals surface area contributed by atoms with Crippen molar-refractivity contribution >= 4 is 29.2 Å². The number of esters is 1. The zero-order valence-electron chi connectivity index (χ0n) is 17.1. The SMILES string of the molecule is CCCCOC(=O)c1ccc(NC(=O)CN(C)CC(=O)Nc2ccc(F)cc2)cc1. The average Bonchev–Trinajstić information content (AvgIpc) is 2.70. The van der Waals surface area contributed by atoms with E-state index in [-0.39, 0.29) is 30.7 Å². The molecule has 0 aliphatic carbocycles. The van der Waals surface area contributed by atoms with Gasteiger partial charge < -0.3 is 15.4 Å². The highest BCUT2D eigenvalue weighted by Gasteiger charge is 2.12. The number of halogens is 1. The second-order valence-corrected chi connectivity index (χ2v) is 6.84. The predicted molar refractivity (Wildman–Crippen MR) is 113 cm³/mol. The van der Waals surface area contributed by atoms with Crippen molar-refractivity contribution in [1.82, 2.24) is 4.90 Å². The number of likely N-dealkylation sites (N-methyl/N-ethyl adjacent to an activating group) is 1. The van der Waals surface area contributed by atoms with Gasteiger partial charge in [-0.3, -0.25) is 14.5 Å². The van der Waals surface area contributed by atoms with E-state index < -0.39 is 5.97 Å². The Kier molecular flexibility index (Phi) is 8.96. The molecule has 0 aliphatic heterocycles. The van der Waals surface area contributed by atoms with Crippen LogP contribution < -0.4 is 10.6 Å². The standard InChI is InChI=1S/C22H26FN3O4/c1-3-4-13-30-22(29)16-5-9-18(10-6-16)24-20(27)14-26(2)15-21(28)25-19-11-7-17(23)8-12-19/h5-12H,3-4,13-15H2,1-2H3,(H,24,27)(H,25,28). The van der Waals surface area contributed by atoms with Gasteiger partial charge in [0, 0.05) is 11.4 Å². The van der Waals surface area contributed by atoms with Gasteiger partial charge in [-0.2, -0.15) is 0 Å². The normalized spacial score (nSPS) is 10.5. The molecular weight excluding hydrogens is 389 g/mol. The molecule has 0 aliphatic rings. The Morgan fingerprint density at radius 2 is 1.40 bits per heavy atom. The summed E-state index contributed by atoms with van der Waals surface area (Å²) >= 11 is 0. The van der Waals surface area contributed by atoms with E-state index in [1.54, 1.807) is 36.2 Å². The first-order valence-electron chi connectivity index (χ1n) is 9.68. The minimum Gasteiger partial charge on any atom is -0.462 e. The molecule has 2 rings (SSSR count). The van der Waals surface area contributed by atoms with Gasteiger partial charge in [0.1, 0.15) is 5.82 Å². The van der Waals surface area contributed by atoms with Crippen molar-refractivity contribution in [3.63, 3.8) is 0 Å². The molecule has 0 radical (unpaired) electrons. The largest absolute Gasteiger partial charge is 0.462 e. The zero-order valence-corrected chi connectivity index (χ0v) is 17.1. The number of carbonyl (C=O) groups is 3. The van der Waals surface area contributed by atoms with Crippen LogP contribution in [0.2, 0.25) is 0 Å². The first-order chi connectivity index (χ1) is 14.4. The second-order valence-electron chi connectivity index (χ2n) is 6.84. The third-order valence-corrected chi connectivity index (χ3v) is 4.09. The van der Waals surface area contributed by atoms with Crippen LogP contribution in [0.3, 0.4) is 0 Å². The summed E-state index contributed by atoms with van der Waals surface area (Å²) in [6.45, 7) is 2.39. The fourth-order valence-corrected chi connectivity index (χ4v) is 2.56. The van der Waals surface area contributed by atoms with Crippen molar-refractivity contribution < 1.29 is 23.5 Å². The van der Waals surface area contributed by atoms with Crippen LogP contribution in [0.15, 0.2) is 48.5 Å². The van der Waals surface area contributed by atoms with Gasteiger partial charge in [-0.15, -0.1) is 0 Å². The Bertz CT molecular complexity index is 854. The summed E-state index contributed by atoms with van der Waals surface area (Å²) in [5.74, 6) is -1.40. The van der Waals surface area contributed by atoms with Gasteiger partial charge in [0.25, 0.3) is 0 Å². The lowest BCUT2D eigenvalue weighted by Gasteiger charge is -2.16. The molecule has 8 heteroatoms. The van der Waals surface area contributed by atoms with Gasteiger partial charge >= 0.3 is 5.97 Å². The molecular formula is C22H26FN3O4. The molecule has 0 saturated heterocycles. The third-order valence-electron chi connectivity index (χ3n) is 4.09. The average molecular weight is 415 g/mol. The summed E-state index contributed by atoms with van der Waals surface area (Å²) < 4.78 is 18.0. The Labute approximate surface area is 175 Å². The molecule has 0 spiro atoms. The van der Waals surface area contributed by atoms with Crippen LogP contribution in [-0.2, 0) is 14.3 Å². The molecule has 2 amide bonds. The molecule has 0 heterocycles. The number of hydrogen-bond donors (Lipinski definition) is 2. The van der Waals surface area contributed by atoms with E-state index in [9.17, 15) is 18.8 Å². The van der Waals surface area contributed by atoms with Crippen molar-refractivity contribution in [3.05, 3.63) is 59.9 Å². The maximum absolute atomic E-state index is 12.9. The molecule has 0 fully saturated rings. The topological polar surface area (TPSA) is 87.7 Å². The van der Waals surface area contributed by atoms with Crippen LogP contribution >= 0.6 is 0 Å². The fourth-order valence-electron chi connectivity index (χ4n) is 2.56. The molecule has 0 unspecified atom stereocenters. The molecule has 0 aromatic heterocycles. The van der Waals surface area contributed by atoms with Crippen molar-refractivity contribution in [3.8, 4) is 0 Å². The van der Waals surface area contributed by atoms with Crippen LogP contribution in [-0.4, -0.2) is 49.4 Å². The summed E-state index contributed by atoms with van der Waals surface area (Å²) in [4.78, 5) is 37.6. The predicted octanol–water partition coefficient (Wildman–Crippen LogP) is 3.29. The summed E-state index contributed by atoms with van der Waals surface area (Å²) in [6, 6.07) is 11.8. The molecule has 0 atom stereocenters. The van der Waals surface area contributed by atoms with Crippen molar-refractivity contribution in [2.45, 2.75) is 19.8 Å². The van der Waals surface area contributed by atoms with Crippen LogP contribution in [0.25, 0.3) is 0 Å². The summed E-state index contributed by atoms with van der Waals surface area (Å²) in [5, 5.41) is 5.35. The quantitative estimate of drug-likeness (QED) is 0.459. The highest BCUT2D eigenvalue weighted by molar-refractivity contribution is 5.95. The number of ether oxygens (including phenoxy) is 1. The number of nitrogens with zero attached hydrogens (tertiary/aromatic N) is 1. The molecule has 2 aromatic rings. The lowest BCUT2D eigenvalue weighted by atomic mass is 10.2. The van der Waals surface area contributed by atoms with E-state index in [1.807, 2.05) is 6.92 Å². The van der Waals surface area contributed by atoms with Crippen molar-refractivity contribution in [2.75, 3.05) is 37.4 Å². The molecule has 160 valence electrons. The Morgan fingerprint density at radius 3 is 1.90 bits per heavy atom. The van der Waals surface area contributed by atoms with E-state index in [2.05, 4.69) is 10.6 Å². The van der Waals surface area contributed by atoms with Gasteiger partial charge in [-0.05, 0) is 62.0 Å². The third kappa shape index (κ3) is 8.00. The Balaban J connectivity index is 1.76. The highest BCUT2D eigenvalue weighted by atomic mass is 19.1. The van der Waals surface area contributed by atoms with E-state index >= 15 is 0 Å². The summed E-state index contributed by atoms with van der Waals surface area (Å²) in [6.07, 6.45) is 1.76. The lowest BCUT2D eigenvalue weighted by Crippen LogP contribution is -2.36. The zero-order chi connectivity index (χ0) is 21.9. The van der Waals surface area contributed by atoms with Gasteiger partial charge in [0.05, 0.1) is 25.3 Å².